The molecule has 0 fully saturated rings. The van der Waals surface area contributed by atoms with Crippen molar-refractivity contribution >= 4 is 5.91 Å². The fraction of sp³-hybridized carbons (Fsp3) is 0.263. The Morgan fingerprint density at radius 1 is 1.28 bits per heavy atom. The zero-order chi connectivity index (χ0) is 17.8. The summed E-state index contributed by atoms with van der Waals surface area (Å²) in [5, 5.41) is 14.7. The lowest BCUT2D eigenvalue weighted by Gasteiger charge is -2.24. The van der Waals surface area contributed by atoms with Crippen molar-refractivity contribution in [2.45, 2.75) is 19.6 Å². The molecule has 0 unspecified atom stereocenters. The van der Waals surface area contributed by atoms with E-state index in [-0.39, 0.29) is 12.5 Å². The van der Waals surface area contributed by atoms with Gasteiger partial charge >= 0.3 is 0 Å². The molecule has 6 nitrogen and oxygen atoms in total. The number of rotatable bonds is 6. The van der Waals surface area contributed by atoms with Crippen molar-refractivity contribution in [3.63, 3.8) is 0 Å². The number of hydrogen-bond acceptors (Lipinski definition) is 4. The zero-order valence-electron chi connectivity index (χ0n) is 14.3. The van der Waals surface area contributed by atoms with E-state index in [0.29, 0.717) is 18.0 Å². The van der Waals surface area contributed by atoms with Crippen LogP contribution in [0.3, 0.4) is 0 Å². The highest BCUT2D eigenvalue weighted by molar-refractivity contribution is 5.92. The Morgan fingerprint density at radius 2 is 2.04 bits per heavy atom. The normalized spacial score (nSPS) is 12.1. The molecule has 0 radical (unpaired) electrons. The van der Waals surface area contributed by atoms with E-state index in [2.05, 4.69) is 5.10 Å². The van der Waals surface area contributed by atoms with Gasteiger partial charge in [-0.2, -0.15) is 5.10 Å². The summed E-state index contributed by atoms with van der Waals surface area (Å²) in [6.07, 6.45) is 0.608. The molecule has 130 valence electrons. The summed E-state index contributed by atoms with van der Waals surface area (Å²) in [4.78, 5) is 14.5. The van der Waals surface area contributed by atoms with E-state index in [4.69, 9.17) is 4.42 Å². The summed E-state index contributed by atoms with van der Waals surface area (Å²) in [6, 6.07) is 14.8. The number of amides is 1. The Morgan fingerprint density at radius 3 is 2.64 bits per heavy atom. The van der Waals surface area contributed by atoms with Crippen LogP contribution in [0.2, 0.25) is 0 Å². The Labute approximate surface area is 146 Å². The summed E-state index contributed by atoms with van der Waals surface area (Å²) in [5.74, 6) is 0.209. The molecule has 1 aromatic carbocycles. The summed E-state index contributed by atoms with van der Waals surface area (Å²) in [6.45, 7) is 2.40. The highest BCUT2D eigenvalue weighted by Gasteiger charge is 2.23. The van der Waals surface area contributed by atoms with Gasteiger partial charge in [0.05, 0.1) is 12.8 Å². The number of aromatic nitrogens is 2. The van der Waals surface area contributed by atoms with Gasteiger partial charge in [0.2, 0.25) is 0 Å². The predicted molar refractivity (Wildman–Crippen MR) is 92.8 cm³/mol. The summed E-state index contributed by atoms with van der Waals surface area (Å²) in [5.41, 5.74) is 2.24. The van der Waals surface area contributed by atoms with Crippen molar-refractivity contribution < 1.29 is 14.3 Å². The van der Waals surface area contributed by atoms with Gasteiger partial charge in [0, 0.05) is 19.3 Å². The number of aliphatic hydroxyl groups is 1. The number of aliphatic hydroxyl groups excluding tert-OH is 1. The van der Waals surface area contributed by atoms with E-state index < -0.39 is 6.10 Å². The highest BCUT2D eigenvalue weighted by Crippen LogP contribution is 2.18. The second-order valence-electron chi connectivity index (χ2n) is 6.00. The molecule has 3 rings (SSSR count). The Hall–Kier alpha value is -2.86. The van der Waals surface area contributed by atoms with Crippen LogP contribution in [0.15, 0.2) is 59.2 Å². The van der Waals surface area contributed by atoms with Gasteiger partial charge in [-0.25, -0.2) is 0 Å². The first-order valence-corrected chi connectivity index (χ1v) is 8.10. The first kappa shape index (κ1) is 17.0. The molecule has 0 aliphatic heterocycles. The third-order valence-electron chi connectivity index (χ3n) is 4.10. The van der Waals surface area contributed by atoms with Gasteiger partial charge in [-0.15, -0.1) is 0 Å². The lowest BCUT2D eigenvalue weighted by Crippen LogP contribution is -2.34. The third kappa shape index (κ3) is 3.97. The molecule has 1 N–H and O–H groups in total. The quantitative estimate of drug-likeness (QED) is 0.749. The first-order valence-electron chi connectivity index (χ1n) is 8.10. The lowest BCUT2D eigenvalue weighted by atomic mass is 10.1. The van der Waals surface area contributed by atoms with Crippen LogP contribution in [-0.2, 0) is 13.6 Å². The van der Waals surface area contributed by atoms with Crippen LogP contribution in [0.5, 0.6) is 0 Å². The van der Waals surface area contributed by atoms with Crippen molar-refractivity contribution in [1.29, 1.82) is 0 Å². The first-order chi connectivity index (χ1) is 12.0. The maximum Gasteiger partial charge on any atom is 0.274 e. The number of carbonyl (C=O) groups excluding carboxylic acids is 1. The predicted octanol–water partition coefficient (Wildman–Crippen LogP) is 2.70. The van der Waals surface area contributed by atoms with E-state index in [1.165, 1.54) is 6.26 Å². The van der Waals surface area contributed by atoms with Crippen molar-refractivity contribution in [3.05, 3.63) is 77.5 Å². The smallest absolute Gasteiger partial charge is 0.274 e. The van der Waals surface area contributed by atoms with E-state index in [9.17, 15) is 9.90 Å². The van der Waals surface area contributed by atoms with E-state index in [1.807, 2.05) is 37.3 Å². The molecule has 0 aliphatic carbocycles. The van der Waals surface area contributed by atoms with Gasteiger partial charge in [0.15, 0.2) is 5.69 Å². The van der Waals surface area contributed by atoms with Crippen LogP contribution < -0.4 is 0 Å². The van der Waals surface area contributed by atoms with Crippen LogP contribution in [-0.4, -0.2) is 32.2 Å². The maximum atomic E-state index is 12.9. The molecule has 0 spiro atoms. The average molecular weight is 339 g/mol. The Kier molecular flexibility index (Phi) is 5.00. The zero-order valence-corrected chi connectivity index (χ0v) is 14.3. The Balaban J connectivity index is 1.83. The van der Waals surface area contributed by atoms with Gasteiger partial charge in [-0.1, -0.05) is 30.3 Å². The molecule has 0 saturated carbocycles. The van der Waals surface area contributed by atoms with Crippen LogP contribution in [0.1, 0.15) is 33.6 Å². The van der Waals surface area contributed by atoms with Crippen molar-refractivity contribution in [3.8, 4) is 0 Å². The van der Waals surface area contributed by atoms with Gasteiger partial charge in [0.25, 0.3) is 5.91 Å². The summed E-state index contributed by atoms with van der Waals surface area (Å²) >= 11 is 0. The second kappa shape index (κ2) is 7.36. The molecule has 25 heavy (non-hydrogen) atoms. The number of hydrogen-bond donors (Lipinski definition) is 1. The molecule has 2 aromatic heterocycles. The minimum atomic E-state index is -0.896. The molecule has 6 heteroatoms. The molecule has 3 aromatic rings. The fourth-order valence-electron chi connectivity index (χ4n) is 2.63. The number of nitrogens with zero attached hydrogens (tertiary/aromatic N) is 3. The summed E-state index contributed by atoms with van der Waals surface area (Å²) in [7, 11) is 1.80. The molecule has 1 atom stereocenters. The molecule has 2 heterocycles. The van der Waals surface area contributed by atoms with E-state index in [1.54, 1.807) is 34.8 Å². The fourth-order valence-corrected chi connectivity index (χ4v) is 2.63. The Bertz CT molecular complexity index is 805. The minimum absolute atomic E-state index is 0.122. The minimum Gasteiger partial charge on any atom is -0.467 e. The monoisotopic (exact) mass is 339 g/mol. The number of aryl methyl sites for hydroxylation is 2. The van der Waals surface area contributed by atoms with Crippen molar-refractivity contribution in [2.75, 3.05) is 6.54 Å². The lowest BCUT2D eigenvalue weighted by molar-refractivity contribution is 0.0557. The van der Waals surface area contributed by atoms with Crippen molar-refractivity contribution in [1.82, 2.24) is 14.7 Å². The second-order valence-corrected chi connectivity index (χ2v) is 6.00. The SMILES string of the molecule is Cc1cc(C(=O)N(Cc2ccccc2)C[C@@H](O)c2ccco2)nn1C. The summed E-state index contributed by atoms with van der Waals surface area (Å²) < 4.78 is 6.91. The number of benzene rings is 1. The average Bonchev–Trinajstić information content (AvgIpc) is 3.25. The van der Waals surface area contributed by atoms with Gasteiger partial charge in [-0.05, 0) is 30.7 Å². The van der Waals surface area contributed by atoms with E-state index in [0.717, 1.165) is 11.3 Å². The maximum absolute atomic E-state index is 12.9. The topological polar surface area (TPSA) is 71.5 Å². The molecular weight excluding hydrogens is 318 g/mol. The van der Waals surface area contributed by atoms with Crippen LogP contribution in [0.25, 0.3) is 0 Å². The highest BCUT2D eigenvalue weighted by atomic mass is 16.4. The molecular formula is C19H21N3O3. The van der Waals surface area contributed by atoms with Crippen LogP contribution in [0.4, 0.5) is 0 Å². The molecule has 0 saturated heterocycles. The molecule has 0 aliphatic rings. The van der Waals surface area contributed by atoms with Crippen LogP contribution in [0, 0.1) is 6.92 Å². The molecule has 1 amide bonds. The molecule has 0 bridgehead atoms. The van der Waals surface area contributed by atoms with Gasteiger partial charge in [-0.3, -0.25) is 9.48 Å². The third-order valence-corrected chi connectivity index (χ3v) is 4.10. The van der Waals surface area contributed by atoms with Gasteiger partial charge < -0.3 is 14.4 Å². The van der Waals surface area contributed by atoms with Crippen LogP contribution >= 0.6 is 0 Å². The standard InChI is InChI=1S/C19H21N3O3/c1-14-11-16(20-21(14)2)19(24)22(12-15-7-4-3-5-8-15)13-17(23)18-9-6-10-25-18/h3-11,17,23H,12-13H2,1-2H3/t17-/m1/s1. The van der Waals surface area contributed by atoms with E-state index >= 15 is 0 Å². The van der Waals surface area contributed by atoms with Crippen molar-refractivity contribution in [2.24, 2.45) is 7.05 Å². The number of carbonyl (C=O) groups is 1. The van der Waals surface area contributed by atoms with Gasteiger partial charge in [0.1, 0.15) is 11.9 Å². The number of furan rings is 1. The largest absolute Gasteiger partial charge is 0.467 e.